The van der Waals surface area contributed by atoms with Crippen LogP contribution in [-0.4, -0.2) is 26.3 Å². The van der Waals surface area contributed by atoms with Crippen molar-refractivity contribution in [3.05, 3.63) is 135 Å². The van der Waals surface area contributed by atoms with E-state index in [1.54, 1.807) is 36.0 Å². The van der Waals surface area contributed by atoms with Gasteiger partial charge in [0.05, 0.1) is 36.4 Å². The highest BCUT2D eigenvalue weighted by molar-refractivity contribution is 5.64. The van der Waals surface area contributed by atoms with Crippen molar-refractivity contribution < 1.29 is 27.4 Å². The largest absolute Gasteiger partial charge is 0.495 e. The van der Waals surface area contributed by atoms with Crippen LogP contribution in [0.2, 0.25) is 0 Å². The molecule has 0 aliphatic rings. The van der Waals surface area contributed by atoms with E-state index in [0.29, 0.717) is 28.1 Å². The van der Waals surface area contributed by atoms with Crippen LogP contribution in [0.1, 0.15) is 47.9 Å². The van der Waals surface area contributed by atoms with E-state index in [2.05, 4.69) is 4.98 Å². The first kappa shape index (κ1) is 28.8. The highest BCUT2D eigenvalue weighted by Gasteiger charge is 2.24. The van der Waals surface area contributed by atoms with E-state index in [-0.39, 0.29) is 17.5 Å². The van der Waals surface area contributed by atoms with E-state index in [1.807, 2.05) is 13.1 Å². The number of imidazole rings is 1. The average molecular weight is 578 g/mol. The van der Waals surface area contributed by atoms with Gasteiger partial charge >= 0.3 is 0 Å². The average Bonchev–Trinajstić information content (AvgIpc) is 3.42. The van der Waals surface area contributed by atoms with E-state index in [0.717, 1.165) is 17.8 Å². The molecular formula is C32H27F4N3O3. The van der Waals surface area contributed by atoms with Gasteiger partial charge in [0.2, 0.25) is 0 Å². The summed E-state index contributed by atoms with van der Waals surface area (Å²) in [6.45, 7) is 3.55. The number of aryl methyl sites for hydroxylation is 1. The van der Waals surface area contributed by atoms with Crippen LogP contribution < -0.4 is 10.3 Å². The first-order valence-electron chi connectivity index (χ1n) is 13.1. The molecule has 42 heavy (non-hydrogen) atoms. The molecule has 2 atom stereocenters. The maximum absolute atomic E-state index is 14.2. The molecule has 2 aromatic heterocycles. The minimum atomic E-state index is -1.61. The molecule has 10 heteroatoms. The Balaban J connectivity index is 1.67. The molecule has 2 heterocycles. The third kappa shape index (κ3) is 5.45. The molecule has 6 nitrogen and oxygen atoms in total. The van der Waals surface area contributed by atoms with E-state index < -0.39 is 41.0 Å². The molecule has 5 aromatic rings. The summed E-state index contributed by atoms with van der Waals surface area (Å²) in [4.78, 5) is 18.1. The van der Waals surface area contributed by atoms with Crippen molar-refractivity contribution in [2.75, 3.05) is 7.11 Å². The second-order valence-electron chi connectivity index (χ2n) is 9.88. The summed E-state index contributed by atoms with van der Waals surface area (Å²) in [6, 6.07) is 12.8. The second-order valence-corrected chi connectivity index (χ2v) is 9.88. The number of hydrogen-bond donors (Lipinski definition) is 1. The summed E-state index contributed by atoms with van der Waals surface area (Å²) in [7, 11) is 1.48. The summed E-state index contributed by atoms with van der Waals surface area (Å²) in [5.74, 6) is -4.42. The molecule has 0 saturated carbocycles. The summed E-state index contributed by atoms with van der Waals surface area (Å²) >= 11 is 0. The van der Waals surface area contributed by atoms with Crippen LogP contribution in [0, 0.1) is 30.2 Å². The molecule has 5 rings (SSSR count). The number of methoxy groups -OCH3 is 1. The predicted octanol–water partition coefficient (Wildman–Crippen LogP) is 6.66. The van der Waals surface area contributed by atoms with Crippen LogP contribution in [0.25, 0.3) is 16.8 Å². The summed E-state index contributed by atoms with van der Waals surface area (Å²) < 4.78 is 64.4. The highest BCUT2D eigenvalue weighted by Crippen LogP contribution is 2.32. The zero-order valence-electron chi connectivity index (χ0n) is 23.0. The van der Waals surface area contributed by atoms with Gasteiger partial charge in [-0.05, 0) is 78.1 Å². The minimum Gasteiger partial charge on any atom is -0.495 e. The smallest absolute Gasteiger partial charge is 0.257 e. The van der Waals surface area contributed by atoms with Gasteiger partial charge in [0.1, 0.15) is 17.7 Å². The SMILES string of the molecule is CCC(c1cc(F)c(F)c(F)c1)n1cc(-c2ccc(F)cc2)cc(C(O)c2ccc(-n3cnc(C)c3)c(OC)c2)c1=O. The Morgan fingerprint density at radius 1 is 0.905 bits per heavy atom. The fourth-order valence-electron chi connectivity index (χ4n) is 5.02. The number of aliphatic hydroxyl groups excluding tert-OH is 1. The molecular weight excluding hydrogens is 550 g/mol. The second kappa shape index (κ2) is 11.7. The van der Waals surface area contributed by atoms with Gasteiger partial charge in [0, 0.05) is 12.4 Å². The van der Waals surface area contributed by atoms with Crippen LogP contribution in [0.4, 0.5) is 17.6 Å². The maximum atomic E-state index is 14.2. The van der Waals surface area contributed by atoms with Gasteiger partial charge in [0.25, 0.3) is 5.56 Å². The predicted molar refractivity (Wildman–Crippen MR) is 150 cm³/mol. The highest BCUT2D eigenvalue weighted by atomic mass is 19.2. The van der Waals surface area contributed by atoms with Gasteiger partial charge < -0.3 is 19.0 Å². The summed E-state index contributed by atoms with van der Waals surface area (Å²) in [6.07, 6.45) is 3.69. The molecule has 0 amide bonds. The fourth-order valence-corrected chi connectivity index (χ4v) is 5.02. The van der Waals surface area contributed by atoms with Gasteiger partial charge in [0.15, 0.2) is 17.5 Å². The minimum absolute atomic E-state index is 0.0355. The zero-order valence-corrected chi connectivity index (χ0v) is 23.0. The molecule has 0 fully saturated rings. The topological polar surface area (TPSA) is 69.3 Å². The number of ether oxygens (including phenoxy) is 1. The van der Waals surface area contributed by atoms with Crippen LogP contribution in [0.3, 0.4) is 0 Å². The normalized spacial score (nSPS) is 12.8. The number of benzene rings is 3. The third-order valence-corrected chi connectivity index (χ3v) is 7.17. The standard InChI is InChI=1S/C32H27F4N3O3/c1-4-27(21-12-25(34)30(36)26(35)13-21)39-16-22(19-5-8-23(33)9-6-19)11-24(32(39)41)31(40)20-7-10-28(29(14-20)42-3)38-15-18(2)37-17-38/h5-17,27,31,40H,4H2,1-3H3. The zero-order chi connectivity index (χ0) is 30.1. The monoisotopic (exact) mass is 577 g/mol. The molecule has 0 saturated heterocycles. The quantitative estimate of drug-likeness (QED) is 0.166. The number of aliphatic hydroxyl groups is 1. The van der Waals surface area contributed by atoms with Gasteiger partial charge in [-0.3, -0.25) is 4.79 Å². The fraction of sp³-hybridized carbons (Fsp3) is 0.188. The van der Waals surface area contributed by atoms with Crippen LogP contribution in [0.5, 0.6) is 5.75 Å². The Bertz CT molecular complexity index is 1790. The third-order valence-electron chi connectivity index (χ3n) is 7.17. The molecule has 2 unspecified atom stereocenters. The lowest BCUT2D eigenvalue weighted by Gasteiger charge is -2.23. The Hall–Kier alpha value is -4.70. The number of aromatic nitrogens is 3. The molecule has 0 aliphatic heterocycles. The van der Waals surface area contributed by atoms with Crippen molar-refractivity contribution in [3.63, 3.8) is 0 Å². The molecule has 0 bridgehead atoms. The van der Waals surface area contributed by atoms with E-state index in [9.17, 15) is 27.5 Å². The summed E-state index contributed by atoms with van der Waals surface area (Å²) in [5.41, 5.74) is 2.17. The number of halogens is 4. The number of rotatable bonds is 8. The van der Waals surface area contributed by atoms with Gasteiger partial charge in [-0.1, -0.05) is 25.1 Å². The lowest BCUT2D eigenvalue weighted by molar-refractivity contribution is 0.217. The van der Waals surface area contributed by atoms with Gasteiger partial charge in [-0.2, -0.15) is 0 Å². The molecule has 1 N–H and O–H groups in total. The van der Waals surface area contributed by atoms with Crippen molar-refractivity contribution in [2.45, 2.75) is 32.4 Å². The van der Waals surface area contributed by atoms with Crippen molar-refractivity contribution >= 4 is 0 Å². The van der Waals surface area contributed by atoms with Gasteiger partial charge in [-0.25, -0.2) is 22.5 Å². The van der Waals surface area contributed by atoms with Crippen molar-refractivity contribution in [2.24, 2.45) is 0 Å². The molecule has 3 aromatic carbocycles. The Morgan fingerprint density at radius 3 is 2.19 bits per heavy atom. The molecule has 0 aliphatic carbocycles. The molecule has 0 radical (unpaired) electrons. The summed E-state index contributed by atoms with van der Waals surface area (Å²) in [5, 5.41) is 11.5. The Morgan fingerprint density at radius 2 is 1.60 bits per heavy atom. The lowest BCUT2D eigenvalue weighted by atomic mass is 9.96. The maximum Gasteiger partial charge on any atom is 0.257 e. The van der Waals surface area contributed by atoms with E-state index >= 15 is 0 Å². The van der Waals surface area contributed by atoms with Crippen molar-refractivity contribution in [1.29, 1.82) is 0 Å². The van der Waals surface area contributed by atoms with Crippen LogP contribution >= 0.6 is 0 Å². The van der Waals surface area contributed by atoms with Crippen molar-refractivity contribution in [3.8, 4) is 22.6 Å². The van der Waals surface area contributed by atoms with Crippen LogP contribution in [-0.2, 0) is 0 Å². The molecule has 216 valence electrons. The van der Waals surface area contributed by atoms with Crippen molar-refractivity contribution in [1.82, 2.24) is 14.1 Å². The number of pyridine rings is 1. The number of hydrogen-bond acceptors (Lipinski definition) is 4. The van der Waals surface area contributed by atoms with E-state index in [4.69, 9.17) is 4.74 Å². The number of nitrogens with zero attached hydrogens (tertiary/aromatic N) is 3. The van der Waals surface area contributed by atoms with Gasteiger partial charge in [-0.15, -0.1) is 0 Å². The Kier molecular flexibility index (Phi) is 8.00. The molecule has 0 spiro atoms. The lowest BCUT2D eigenvalue weighted by Crippen LogP contribution is -2.29. The van der Waals surface area contributed by atoms with Crippen LogP contribution in [0.15, 0.2) is 84.2 Å². The Labute approximate surface area is 239 Å². The first-order valence-corrected chi connectivity index (χ1v) is 13.1. The van der Waals surface area contributed by atoms with E-state index in [1.165, 1.54) is 48.2 Å². The first-order chi connectivity index (χ1) is 20.1.